The van der Waals surface area contributed by atoms with E-state index in [9.17, 15) is 5.11 Å². The zero-order valence-corrected chi connectivity index (χ0v) is 10.9. The van der Waals surface area contributed by atoms with Gasteiger partial charge in [-0.1, -0.05) is 20.8 Å². The Hall–Kier alpha value is -0.0800. The first-order valence-electron chi connectivity index (χ1n) is 5.53. The first-order valence-corrected chi connectivity index (χ1v) is 5.53. The highest BCUT2D eigenvalue weighted by Crippen LogP contribution is 2.26. The molecule has 86 valence electrons. The van der Waals surface area contributed by atoms with Crippen LogP contribution in [0.15, 0.2) is 0 Å². The first kappa shape index (κ1) is 13.9. The van der Waals surface area contributed by atoms with Gasteiger partial charge in [0.05, 0.1) is 6.10 Å². The Bertz CT molecular complexity index is 173. The van der Waals surface area contributed by atoms with Crippen molar-refractivity contribution >= 4 is 0 Å². The van der Waals surface area contributed by atoms with Gasteiger partial charge in [0.25, 0.3) is 0 Å². The molecule has 0 fully saturated rings. The van der Waals surface area contributed by atoms with Gasteiger partial charge in [-0.15, -0.1) is 0 Å². The molecular weight excluding hydrogens is 174 g/mol. The topological polar surface area (TPSA) is 23.5 Å². The lowest BCUT2D eigenvalue weighted by molar-refractivity contribution is 0.0133. The first-order chi connectivity index (χ1) is 6.13. The fourth-order valence-electron chi connectivity index (χ4n) is 1.23. The molecule has 1 atom stereocenters. The van der Waals surface area contributed by atoms with Gasteiger partial charge < -0.3 is 10.0 Å². The van der Waals surface area contributed by atoms with Gasteiger partial charge in [-0.05, 0) is 34.2 Å². The van der Waals surface area contributed by atoms with Crippen LogP contribution in [0.3, 0.4) is 0 Å². The van der Waals surface area contributed by atoms with E-state index >= 15 is 0 Å². The van der Waals surface area contributed by atoms with Crippen molar-refractivity contribution in [2.45, 2.75) is 59.6 Å². The van der Waals surface area contributed by atoms with Gasteiger partial charge in [0.1, 0.15) is 0 Å². The van der Waals surface area contributed by atoms with Gasteiger partial charge in [0.15, 0.2) is 0 Å². The lowest BCUT2D eigenvalue weighted by Gasteiger charge is -2.41. The molecule has 0 saturated heterocycles. The van der Waals surface area contributed by atoms with Crippen LogP contribution in [0.2, 0.25) is 0 Å². The molecule has 0 rings (SSSR count). The molecule has 0 aromatic rings. The fourth-order valence-corrected chi connectivity index (χ4v) is 1.23. The molecule has 0 amide bonds. The summed E-state index contributed by atoms with van der Waals surface area (Å²) in [5.41, 5.74) is 0.174. The van der Waals surface area contributed by atoms with Crippen molar-refractivity contribution in [3.8, 4) is 0 Å². The van der Waals surface area contributed by atoms with Crippen molar-refractivity contribution < 1.29 is 5.11 Å². The second kappa shape index (κ2) is 4.63. The van der Waals surface area contributed by atoms with Gasteiger partial charge in [-0.2, -0.15) is 0 Å². The molecule has 0 spiro atoms. The summed E-state index contributed by atoms with van der Waals surface area (Å²) in [6.07, 6.45) is 0.858. The van der Waals surface area contributed by atoms with Crippen LogP contribution < -0.4 is 0 Å². The minimum Gasteiger partial charge on any atom is -0.393 e. The Morgan fingerprint density at radius 2 is 1.64 bits per heavy atom. The van der Waals surface area contributed by atoms with Crippen molar-refractivity contribution in [2.75, 3.05) is 13.6 Å². The summed E-state index contributed by atoms with van der Waals surface area (Å²) in [4.78, 5) is 2.33. The maximum Gasteiger partial charge on any atom is 0.0575 e. The zero-order chi connectivity index (χ0) is 11.6. The molecule has 2 nitrogen and oxygen atoms in total. The normalized spacial score (nSPS) is 16.1. The van der Waals surface area contributed by atoms with Crippen LogP contribution in [0.25, 0.3) is 0 Å². The van der Waals surface area contributed by atoms with E-state index in [1.54, 1.807) is 0 Å². The van der Waals surface area contributed by atoms with E-state index in [0.29, 0.717) is 0 Å². The second-order valence-electron chi connectivity index (χ2n) is 5.69. The van der Waals surface area contributed by atoms with E-state index in [1.165, 1.54) is 0 Å². The SMILES string of the molecule is CCC(C)(C)N(C)CC(C)(C)C(C)O. The molecular formula is C12H27NO. The molecule has 14 heavy (non-hydrogen) atoms. The summed E-state index contributed by atoms with van der Waals surface area (Å²) < 4.78 is 0. The average Bonchev–Trinajstić information content (AvgIpc) is 2.03. The molecule has 0 aliphatic rings. The van der Waals surface area contributed by atoms with Crippen LogP contribution in [0.1, 0.15) is 48.0 Å². The monoisotopic (exact) mass is 201 g/mol. The number of hydrogen-bond donors (Lipinski definition) is 1. The Kier molecular flexibility index (Phi) is 4.60. The molecule has 0 bridgehead atoms. The highest BCUT2D eigenvalue weighted by molar-refractivity contribution is 4.84. The summed E-state index contributed by atoms with van der Waals surface area (Å²) in [7, 11) is 2.13. The van der Waals surface area contributed by atoms with Crippen LogP contribution >= 0.6 is 0 Å². The minimum atomic E-state index is -0.266. The minimum absolute atomic E-state index is 0.0405. The highest BCUT2D eigenvalue weighted by atomic mass is 16.3. The number of nitrogens with zero attached hydrogens (tertiary/aromatic N) is 1. The summed E-state index contributed by atoms with van der Waals surface area (Å²) >= 11 is 0. The van der Waals surface area contributed by atoms with Gasteiger partial charge in [-0.3, -0.25) is 0 Å². The van der Waals surface area contributed by atoms with E-state index in [2.05, 4.69) is 46.6 Å². The lowest BCUT2D eigenvalue weighted by atomic mass is 9.85. The zero-order valence-electron chi connectivity index (χ0n) is 10.9. The Morgan fingerprint density at radius 1 is 1.21 bits per heavy atom. The predicted molar refractivity (Wildman–Crippen MR) is 62.5 cm³/mol. The van der Waals surface area contributed by atoms with Crippen LogP contribution in [0.5, 0.6) is 0 Å². The lowest BCUT2D eigenvalue weighted by Crippen LogP contribution is -2.48. The Labute approximate surface area is 89.3 Å². The van der Waals surface area contributed by atoms with E-state index in [1.807, 2.05) is 6.92 Å². The number of aliphatic hydroxyl groups is 1. The average molecular weight is 201 g/mol. The number of aliphatic hydroxyl groups excluding tert-OH is 1. The molecule has 0 aromatic carbocycles. The smallest absolute Gasteiger partial charge is 0.0575 e. The van der Waals surface area contributed by atoms with E-state index in [-0.39, 0.29) is 17.1 Å². The standard InChI is InChI=1S/C12H27NO/c1-8-12(5,6)13(7)9-11(3,4)10(2)14/h10,14H,8-9H2,1-7H3. The summed E-state index contributed by atoms with van der Waals surface area (Å²) in [6, 6.07) is 0. The van der Waals surface area contributed by atoms with Crippen LogP contribution in [-0.4, -0.2) is 35.2 Å². The van der Waals surface area contributed by atoms with Crippen molar-refractivity contribution in [1.29, 1.82) is 0 Å². The molecule has 0 radical (unpaired) electrons. The molecule has 1 unspecified atom stereocenters. The highest BCUT2D eigenvalue weighted by Gasteiger charge is 2.30. The van der Waals surface area contributed by atoms with Crippen molar-refractivity contribution in [2.24, 2.45) is 5.41 Å². The maximum absolute atomic E-state index is 9.64. The fraction of sp³-hybridized carbons (Fsp3) is 1.00. The van der Waals surface area contributed by atoms with Gasteiger partial charge in [0, 0.05) is 17.5 Å². The molecule has 0 heterocycles. The molecule has 0 aromatic heterocycles. The van der Waals surface area contributed by atoms with Crippen molar-refractivity contribution in [3.05, 3.63) is 0 Å². The number of rotatable bonds is 5. The van der Waals surface area contributed by atoms with Crippen LogP contribution in [-0.2, 0) is 0 Å². The third-order valence-corrected chi connectivity index (χ3v) is 3.67. The van der Waals surface area contributed by atoms with Crippen LogP contribution in [0, 0.1) is 5.41 Å². The molecule has 2 heteroatoms. The predicted octanol–water partition coefficient (Wildman–Crippen LogP) is 2.51. The second-order valence-corrected chi connectivity index (χ2v) is 5.69. The molecule has 0 aliphatic carbocycles. The molecule has 1 N–H and O–H groups in total. The van der Waals surface area contributed by atoms with Gasteiger partial charge in [0.2, 0.25) is 0 Å². The van der Waals surface area contributed by atoms with Gasteiger partial charge in [-0.25, -0.2) is 0 Å². The third kappa shape index (κ3) is 3.58. The van der Waals surface area contributed by atoms with E-state index < -0.39 is 0 Å². The molecule has 0 aliphatic heterocycles. The van der Waals surface area contributed by atoms with Crippen LogP contribution in [0.4, 0.5) is 0 Å². The summed E-state index contributed by atoms with van der Waals surface area (Å²) in [6.45, 7) is 13.7. The maximum atomic E-state index is 9.64. The van der Waals surface area contributed by atoms with E-state index in [0.717, 1.165) is 13.0 Å². The Balaban J connectivity index is 4.39. The Morgan fingerprint density at radius 3 is 1.93 bits per heavy atom. The summed E-state index contributed by atoms with van der Waals surface area (Å²) in [5, 5.41) is 9.64. The van der Waals surface area contributed by atoms with Gasteiger partial charge >= 0.3 is 0 Å². The quantitative estimate of drug-likeness (QED) is 0.739. The largest absolute Gasteiger partial charge is 0.393 e. The summed E-state index contributed by atoms with van der Waals surface area (Å²) in [5.74, 6) is 0. The van der Waals surface area contributed by atoms with Crippen molar-refractivity contribution in [3.63, 3.8) is 0 Å². The number of hydrogen-bond acceptors (Lipinski definition) is 2. The third-order valence-electron chi connectivity index (χ3n) is 3.67. The molecule has 0 saturated carbocycles. The van der Waals surface area contributed by atoms with Crippen molar-refractivity contribution in [1.82, 2.24) is 4.90 Å². The van der Waals surface area contributed by atoms with E-state index in [4.69, 9.17) is 0 Å².